The van der Waals surface area contributed by atoms with Crippen LogP contribution in [0.15, 0.2) is 29.9 Å². The number of piperidine rings is 1. The van der Waals surface area contributed by atoms with Crippen molar-refractivity contribution in [3.8, 4) is 0 Å². The van der Waals surface area contributed by atoms with Crippen molar-refractivity contribution in [3.05, 3.63) is 40.3 Å². The highest BCUT2D eigenvalue weighted by Crippen LogP contribution is 2.43. The van der Waals surface area contributed by atoms with Gasteiger partial charge in [0, 0.05) is 25.5 Å². The van der Waals surface area contributed by atoms with Gasteiger partial charge in [-0.05, 0) is 54.7 Å². The van der Waals surface area contributed by atoms with Crippen LogP contribution in [0, 0.1) is 0 Å². The van der Waals surface area contributed by atoms with Gasteiger partial charge in [-0.2, -0.15) is 5.10 Å². The minimum absolute atomic E-state index is 0.226. The fourth-order valence-corrected chi connectivity index (χ4v) is 4.16. The van der Waals surface area contributed by atoms with Crippen LogP contribution in [0.5, 0.6) is 0 Å². The van der Waals surface area contributed by atoms with E-state index in [9.17, 15) is 4.79 Å². The molecule has 4 nitrogen and oxygen atoms in total. The number of hydrogen-bond donors (Lipinski definition) is 0. The summed E-state index contributed by atoms with van der Waals surface area (Å²) in [5.41, 5.74) is 1.28. The standard InChI is InChI=1S/C16H19N3OS/c20-16(15-14(6-10-21-15)12-4-5-12)18-8-1-3-13(11-18)19-9-2-7-17-19/h2,6-7,9-10,12-13H,1,3-5,8,11H2. The van der Waals surface area contributed by atoms with Crippen LogP contribution in [0.4, 0.5) is 0 Å². The van der Waals surface area contributed by atoms with Gasteiger partial charge < -0.3 is 4.90 Å². The Morgan fingerprint density at radius 3 is 3.00 bits per heavy atom. The summed E-state index contributed by atoms with van der Waals surface area (Å²) in [6, 6.07) is 4.41. The van der Waals surface area contributed by atoms with E-state index >= 15 is 0 Å². The molecule has 0 radical (unpaired) electrons. The summed E-state index contributed by atoms with van der Waals surface area (Å²) in [4.78, 5) is 15.8. The third kappa shape index (κ3) is 2.50. The molecule has 2 aromatic heterocycles. The first-order valence-corrected chi connectivity index (χ1v) is 8.56. The van der Waals surface area contributed by atoms with Crippen molar-refractivity contribution >= 4 is 17.2 Å². The third-order valence-electron chi connectivity index (χ3n) is 4.49. The van der Waals surface area contributed by atoms with Gasteiger partial charge in [-0.25, -0.2) is 0 Å². The Kier molecular flexibility index (Phi) is 3.30. The Morgan fingerprint density at radius 2 is 2.24 bits per heavy atom. The van der Waals surface area contributed by atoms with E-state index in [0.29, 0.717) is 12.0 Å². The number of thiophene rings is 1. The SMILES string of the molecule is O=C(c1sccc1C1CC1)N1CCCC(n2cccn2)C1. The van der Waals surface area contributed by atoms with Gasteiger partial charge in [0.1, 0.15) is 0 Å². The number of carbonyl (C=O) groups is 1. The van der Waals surface area contributed by atoms with Crippen molar-refractivity contribution in [2.75, 3.05) is 13.1 Å². The fourth-order valence-electron chi connectivity index (χ4n) is 3.20. The van der Waals surface area contributed by atoms with Crippen LogP contribution in [0.1, 0.15) is 52.9 Å². The monoisotopic (exact) mass is 301 g/mol. The van der Waals surface area contributed by atoms with Crippen molar-refractivity contribution in [1.29, 1.82) is 0 Å². The van der Waals surface area contributed by atoms with Crippen LogP contribution >= 0.6 is 11.3 Å². The van der Waals surface area contributed by atoms with Crippen LogP contribution in [0.25, 0.3) is 0 Å². The molecular formula is C16H19N3OS. The summed E-state index contributed by atoms with van der Waals surface area (Å²) in [7, 11) is 0. The molecule has 110 valence electrons. The molecule has 0 spiro atoms. The molecule has 1 unspecified atom stereocenters. The van der Waals surface area contributed by atoms with E-state index in [1.54, 1.807) is 11.3 Å². The molecule has 0 aromatic carbocycles. The molecule has 1 saturated carbocycles. The molecule has 5 heteroatoms. The molecule has 2 aliphatic rings. The molecule has 4 rings (SSSR count). The van der Waals surface area contributed by atoms with E-state index in [-0.39, 0.29) is 5.91 Å². The smallest absolute Gasteiger partial charge is 0.264 e. The first kappa shape index (κ1) is 13.1. The van der Waals surface area contributed by atoms with Crippen molar-refractivity contribution in [3.63, 3.8) is 0 Å². The highest BCUT2D eigenvalue weighted by Gasteiger charge is 2.32. The lowest BCUT2D eigenvalue weighted by Gasteiger charge is -2.32. The molecule has 1 aliphatic carbocycles. The Hall–Kier alpha value is -1.62. The lowest BCUT2D eigenvalue weighted by Crippen LogP contribution is -2.40. The molecule has 2 aromatic rings. The van der Waals surface area contributed by atoms with E-state index < -0.39 is 0 Å². The van der Waals surface area contributed by atoms with E-state index in [2.05, 4.69) is 16.5 Å². The van der Waals surface area contributed by atoms with Gasteiger partial charge in [-0.3, -0.25) is 9.48 Å². The highest BCUT2D eigenvalue weighted by atomic mass is 32.1. The third-order valence-corrected chi connectivity index (χ3v) is 5.41. The van der Waals surface area contributed by atoms with E-state index in [1.807, 2.05) is 28.0 Å². The van der Waals surface area contributed by atoms with Crippen LogP contribution < -0.4 is 0 Å². The minimum atomic E-state index is 0.226. The summed E-state index contributed by atoms with van der Waals surface area (Å²) in [6.45, 7) is 1.65. The fraction of sp³-hybridized carbons (Fsp3) is 0.500. The first-order valence-electron chi connectivity index (χ1n) is 7.68. The van der Waals surface area contributed by atoms with Crippen LogP contribution in [0.2, 0.25) is 0 Å². The molecule has 1 atom stereocenters. The number of likely N-dealkylation sites (tertiary alicyclic amines) is 1. The number of nitrogens with zero attached hydrogens (tertiary/aromatic N) is 3. The Morgan fingerprint density at radius 1 is 1.33 bits per heavy atom. The minimum Gasteiger partial charge on any atom is -0.336 e. The maximum Gasteiger partial charge on any atom is 0.264 e. The van der Waals surface area contributed by atoms with Gasteiger partial charge in [0.2, 0.25) is 0 Å². The number of amides is 1. The average Bonchev–Trinajstić information content (AvgIpc) is 3.05. The zero-order valence-electron chi connectivity index (χ0n) is 11.9. The summed E-state index contributed by atoms with van der Waals surface area (Å²) >= 11 is 1.60. The maximum atomic E-state index is 12.8. The Labute approximate surface area is 128 Å². The normalized spacial score (nSPS) is 22.5. The Balaban J connectivity index is 1.52. The van der Waals surface area contributed by atoms with Crippen LogP contribution in [-0.2, 0) is 0 Å². The van der Waals surface area contributed by atoms with Crippen molar-refractivity contribution in [1.82, 2.24) is 14.7 Å². The lowest BCUT2D eigenvalue weighted by atomic mass is 10.0. The second-order valence-electron chi connectivity index (χ2n) is 6.01. The molecular weight excluding hydrogens is 282 g/mol. The number of rotatable bonds is 3. The molecule has 1 aliphatic heterocycles. The summed E-state index contributed by atoms with van der Waals surface area (Å²) in [5.74, 6) is 0.866. The lowest BCUT2D eigenvalue weighted by molar-refractivity contribution is 0.0677. The Bertz CT molecular complexity index is 630. The van der Waals surface area contributed by atoms with E-state index in [4.69, 9.17) is 0 Å². The molecule has 1 amide bonds. The van der Waals surface area contributed by atoms with Gasteiger partial charge in [-0.15, -0.1) is 11.3 Å². The van der Waals surface area contributed by atoms with Gasteiger partial charge in [0.15, 0.2) is 0 Å². The predicted octanol–water partition coefficient (Wildman–Crippen LogP) is 3.30. The van der Waals surface area contributed by atoms with Crippen molar-refractivity contribution in [2.45, 2.75) is 37.6 Å². The van der Waals surface area contributed by atoms with Crippen molar-refractivity contribution in [2.24, 2.45) is 0 Å². The summed E-state index contributed by atoms with van der Waals surface area (Å²) in [6.07, 6.45) is 8.45. The second-order valence-corrected chi connectivity index (χ2v) is 6.93. The molecule has 2 fully saturated rings. The van der Waals surface area contributed by atoms with Crippen molar-refractivity contribution < 1.29 is 4.79 Å². The van der Waals surface area contributed by atoms with Gasteiger partial charge >= 0.3 is 0 Å². The van der Waals surface area contributed by atoms with Crippen LogP contribution in [0.3, 0.4) is 0 Å². The van der Waals surface area contributed by atoms with E-state index in [1.165, 1.54) is 18.4 Å². The molecule has 0 bridgehead atoms. The maximum absolute atomic E-state index is 12.8. The summed E-state index contributed by atoms with van der Waals surface area (Å²) in [5, 5.41) is 6.40. The highest BCUT2D eigenvalue weighted by molar-refractivity contribution is 7.12. The van der Waals surface area contributed by atoms with E-state index in [0.717, 1.165) is 30.8 Å². The zero-order chi connectivity index (χ0) is 14.2. The quantitative estimate of drug-likeness (QED) is 0.872. The molecule has 21 heavy (non-hydrogen) atoms. The van der Waals surface area contributed by atoms with Gasteiger partial charge in [0.05, 0.1) is 10.9 Å². The van der Waals surface area contributed by atoms with Gasteiger partial charge in [0.25, 0.3) is 5.91 Å². The molecule has 3 heterocycles. The zero-order valence-corrected chi connectivity index (χ0v) is 12.8. The second kappa shape index (κ2) is 5.30. The summed E-state index contributed by atoms with van der Waals surface area (Å²) < 4.78 is 2.00. The first-order chi connectivity index (χ1) is 10.3. The average molecular weight is 301 g/mol. The topological polar surface area (TPSA) is 38.1 Å². The molecule has 1 saturated heterocycles. The molecule has 0 N–H and O–H groups in total. The number of carbonyl (C=O) groups excluding carboxylic acids is 1. The van der Waals surface area contributed by atoms with Crippen LogP contribution in [-0.4, -0.2) is 33.7 Å². The predicted molar refractivity (Wildman–Crippen MR) is 82.7 cm³/mol. The largest absolute Gasteiger partial charge is 0.336 e. The number of hydrogen-bond acceptors (Lipinski definition) is 3. The number of aromatic nitrogens is 2. The van der Waals surface area contributed by atoms with Gasteiger partial charge in [-0.1, -0.05) is 0 Å².